The van der Waals surface area contributed by atoms with Gasteiger partial charge in [-0.05, 0) is 48.9 Å². The number of hydrogen-bond donors (Lipinski definition) is 1. The van der Waals surface area contributed by atoms with E-state index in [1.165, 1.54) is 0 Å². The van der Waals surface area contributed by atoms with Crippen molar-refractivity contribution in [3.05, 3.63) is 83.8 Å². The standard InChI is InChI=1S/C23H24N2O4/c1-23(17-9-11-18(12-10-17)29-15-14-27-2)24-21-8-4-3-7-20(21)22(26)25(23)16-19-6-5-13-28-19/h3-13,24H,14-16H2,1-2H3. The molecule has 150 valence electrons. The van der Waals surface area contributed by atoms with Crippen molar-refractivity contribution >= 4 is 11.6 Å². The van der Waals surface area contributed by atoms with Crippen molar-refractivity contribution < 1.29 is 18.7 Å². The van der Waals surface area contributed by atoms with Crippen LogP contribution in [0.3, 0.4) is 0 Å². The van der Waals surface area contributed by atoms with E-state index in [1.807, 2.05) is 67.6 Å². The van der Waals surface area contributed by atoms with Crippen LogP contribution in [0.2, 0.25) is 0 Å². The number of ether oxygens (including phenoxy) is 2. The number of nitrogens with one attached hydrogen (secondary N) is 1. The van der Waals surface area contributed by atoms with Crippen molar-refractivity contribution in [1.29, 1.82) is 0 Å². The first-order valence-electron chi connectivity index (χ1n) is 9.55. The number of furan rings is 1. The Morgan fingerprint density at radius 2 is 1.83 bits per heavy atom. The molecule has 2 aromatic carbocycles. The molecule has 0 saturated carbocycles. The molecule has 3 aromatic rings. The molecule has 1 amide bonds. The van der Waals surface area contributed by atoms with Crippen LogP contribution in [0, 0.1) is 0 Å². The Labute approximate surface area is 170 Å². The number of carbonyl (C=O) groups excluding carboxylic acids is 1. The average Bonchev–Trinajstić information content (AvgIpc) is 3.25. The quantitative estimate of drug-likeness (QED) is 0.609. The van der Waals surface area contributed by atoms with E-state index in [2.05, 4.69) is 5.32 Å². The Hall–Kier alpha value is -3.25. The largest absolute Gasteiger partial charge is 0.491 e. The summed E-state index contributed by atoms with van der Waals surface area (Å²) in [6.45, 7) is 3.38. The second-order valence-electron chi connectivity index (χ2n) is 7.08. The molecule has 0 bridgehead atoms. The minimum Gasteiger partial charge on any atom is -0.491 e. The molecule has 0 fully saturated rings. The van der Waals surface area contributed by atoms with Crippen molar-refractivity contribution in [3.63, 3.8) is 0 Å². The van der Waals surface area contributed by atoms with Crippen molar-refractivity contribution in [2.45, 2.75) is 19.1 Å². The summed E-state index contributed by atoms with van der Waals surface area (Å²) in [6.07, 6.45) is 1.62. The maximum absolute atomic E-state index is 13.4. The fourth-order valence-electron chi connectivity index (χ4n) is 3.59. The molecular formula is C23H24N2O4. The molecule has 4 rings (SSSR count). The predicted molar refractivity (Wildman–Crippen MR) is 110 cm³/mol. The third-order valence-corrected chi connectivity index (χ3v) is 5.19. The van der Waals surface area contributed by atoms with E-state index in [1.54, 1.807) is 18.3 Å². The highest BCUT2D eigenvalue weighted by atomic mass is 16.5. The van der Waals surface area contributed by atoms with Crippen LogP contribution in [0.4, 0.5) is 5.69 Å². The normalized spacial score (nSPS) is 18.3. The van der Waals surface area contributed by atoms with Gasteiger partial charge >= 0.3 is 0 Å². The molecule has 1 aliphatic rings. The van der Waals surface area contributed by atoms with E-state index in [0.29, 0.717) is 25.3 Å². The third kappa shape index (κ3) is 3.71. The topological polar surface area (TPSA) is 63.9 Å². The van der Waals surface area contributed by atoms with Gasteiger partial charge in [0, 0.05) is 12.8 Å². The van der Waals surface area contributed by atoms with Crippen LogP contribution in [-0.2, 0) is 16.9 Å². The first kappa shape index (κ1) is 19.1. The van der Waals surface area contributed by atoms with Crippen molar-refractivity contribution in [2.24, 2.45) is 0 Å². The molecule has 1 atom stereocenters. The van der Waals surface area contributed by atoms with Crippen LogP contribution in [0.25, 0.3) is 0 Å². The molecular weight excluding hydrogens is 368 g/mol. The van der Waals surface area contributed by atoms with Gasteiger partial charge in [0.1, 0.15) is 23.8 Å². The number of anilines is 1. The third-order valence-electron chi connectivity index (χ3n) is 5.19. The number of fused-ring (bicyclic) bond motifs is 1. The van der Waals surface area contributed by atoms with E-state index in [-0.39, 0.29) is 5.91 Å². The number of methoxy groups -OCH3 is 1. The summed E-state index contributed by atoms with van der Waals surface area (Å²) in [6, 6.07) is 19.0. The summed E-state index contributed by atoms with van der Waals surface area (Å²) in [5.41, 5.74) is 1.67. The maximum atomic E-state index is 13.4. The molecule has 0 radical (unpaired) electrons. The van der Waals surface area contributed by atoms with E-state index in [0.717, 1.165) is 22.8 Å². The number of nitrogens with zero attached hydrogens (tertiary/aromatic N) is 1. The number of benzene rings is 2. The Morgan fingerprint density at radius 1 is 1.03 bits per heavy atom. The Morgan fingerprint density at radius 3 is 2.55 bits per heavy atom. The van der Waals surface area contributed by atoms with E-state index in [4.69, 9.17) is 13.9 Å². The van der Waals surface area contributed by atoms with Gasteiger partial charge in [-0.25, -0.2) is 0 Å². The monoisotopic (exact) mass is 392 g/mol. The first-order valence-corrected chi connectivity index (χ1v) is 9.55. The first-order chi connectivity index (χ1) is 14.1. The maximum Gasteiger partial charge on any atom is 0.258 e. The van der Waals surface area contributed by atoms with Gasteiger partial charge in [0.25, 0.3) is 5.91 Å². The van der Waals surface area contributed by atoms with Crippen molar-refractivity contribution in [1.82, 2.24) is 4.90 Å². The Kier molecular flexibility index (Phi) is 5.27. The fourth-order valence-corrected chi connectivity index (χ4v) is 3.59. The summed E-state index contributed by atoms with van der Waals surface area (Å²) in [4.78, 5) is 15.2. The van der Waals surface area contributed by atoms with Gasteiger partial charge in [0.05, 0.1) is 25.0 Å². The summed E-state index contributed by atoms with van der Waals surface area (Å²) in [5, 5.41) is 3.56. The predicted octanol–water partition coefficient (Wildman–Crippen LogP) is 4.25. The summed E-state index contributed by atoms with van der Waals surface area (Å²) >= 11 is 0. The van der Waals surface area contributed by atoms with Gasteiger partial charge in [-0.1, -0.05) is 24.3 Å². The van der Waals surface area contributed by atoms with Gasteiger partial charge < -0.3 is 24.1 Å². The molecule has 29 heavy (non-hydrogen) atoms. The van der Waals surface area contributed by atoms with Gasteiger partial charge in [-0.15, -0.1) is 0 Å². The summed E-state index contributed by atoms with van der Waals surface area (Å²) < 4.78 is 16.2. The molecule has 1 unspecified atom stereocenters. The molecule has 1 N–H and O–H groups in total. The van der Waals surface area contributed by atoms with Crippen LogP contribution in [0.5, 0.6) is 5.75 Å². The number of para-hydroxylation sites is 1. The summed E-state index contributed by atoms with van der Waals surface area (Å²) in [7, 11) is 1.64. The molecule has 2 heterocycles. The highest BCUT2D eigenvalue weighted by molar-refractivity contribution is 6.02. The minimum absolute atomic E-state index is 0.0429. The lowest BCUT2D eigenvalue weighted by molar-refractivity contribution is 0.0487. The van der Waals surface area contributed by atoms with E-state index >= 15 is 0 Å². The fraction of sp³-hybridized carbons (Fsp3) is 0.261. The second-order valence-corrected chi connectivity index (χ2v) is 7.08. The molecule has 0 saturated heterocycles. The molecule has 6 heteroatoms. The number of amides is 1. The van der Waals surface area contributed by atoms with Crippen molar-refractivity contribution in [2.75, 3.05) is 25.6 Å². The zero-order valence-corrected chi connectivity index (χ0v) is 16.6. The zero-order chi connectivity index (χ0) is 20.3. The van der Waals surface area contributed by atoms with Gasteiger partial charge in [-0.3, -0.25) is 4.79 Å². The summed E-state index contributed by atoms with van der Waals surface area (Å²) in [5.74, 6) is 1.44. The SMILES string of the molecule is COCCOc1ccc(C2(C)Nc3ccccc3C(=O)N2Cc2ccco2)cc1. The van der Waals surface area contributed by atoms with Crippen LogP contribution >= 0.6 is 0 Å². The van der Waals surface area contributed by atoms with Crippen LogP contribution in [-0.4, -0.2) is 31.1 Å². The zero-order valence-electron chi connectivity index (χ0n) is 16.6. The van der Waals surface area contributed by atoms with Crippen LogP contribution in [0.1, 0.15) is 28.6 Å². The minimum atomic E-state index is -0.747. The molecule has 1 aromatic heterocycles. The molecule has 0 spiro atoms. The molecule has 1 aliphatic heterocycles. The second kappa shape index (κ2) is 8.01. The lowest BCUT2D eigenvalue weighted by Crippen LogP contribution is -2.55. The lowest BCUT2D eigenvalue weighted by atomic mass is 9.93. The number of hydrogen-bond acceptors (Lipinski definition) is 5. The van der Waals surface area contributed by atoms with Crippen LogP contribution < -0.4 is 10.1 Å². The van der Waals surface area contributed by atoms with E-state index in [9.17, 15) is 4.79 Å². The van der Waals surface area contributed by atoms with Gasteiger partial charge in [0.15, 0.2) is 0 Å². The molecule has 0 aliphatic carbocycles. The smallest absolute Gasteiger partial charge is 0.258 e. The number of rotatable bonds is 7. The van der Waals surface area contributed by atoms with Gasteiger partial charge in [-0.2, -0.15) is 0 Å². The highest BCUT2D eigenvalue weighted by Crippen LogP contribution is 2.39. The Balaban J connectivity index is 1.68. The van der Waals surface area contributed by atoms with Crippen molar-refractivity contribution in [3.8, 4) is 5.75 Å². The van der Waals surface area contributed by atoms with Gasteiger partial charge in [0.2, 0.25) is 0 Å². The molecule has 6 nitrogen and oxygen atoms in total. The lowest BCUT2D eigenvalue weighted by Gasteiger charge is -2.46. The highest BCUT2D eigenvalue weighted by Gasteiger charge is 2.42. The number of carbonyl (C=O) groups is 1. The van der Waals surface area contributed by atoms with E-state index < -0.39 is 5.66 Å². The van der Waals surface area contributed by atoms with Crippen LogP contribution in [0.15, 0.2) is 71.3 Å². The Bertz CT molecular complexity index is 969. The average molecular weight is 392 g/mol.